The van der Waals surface area contributed by atoms with Crippen molar-refractivity contribution in [1.29, 1.82) is 10.5 Å². The van der Waals surface area contributed by atoms with E-state index >= 15 is 0 Å². The number of methoxy groups -OCH3 is 10. The molecule has 7 aromatic heterocycles. The zero-order chi connectivity index (χ0) is 92.8. The lowest BCUT2D eigenvalue weighted by Gasteiger charge is -2.31. The second-order valence-electron chi connectivity index (χ2n) is 32.6. The summed E-state index contributed by atoms with van der Waals surface area (Å²) in [5, 5.41) is 29.1. The van der Waals surface area contributed by atoms with Crippen LogP contribution in [0.3, 0.4) is 0 Å². The lowest BCUT2D eigenvalue weighted by atomic mass is 9.93. The van der Waals surface area contributed by atoms with E-state index in [2.05, 4.69) is 48.4 Å². The van der Waals surface area contributed by atoms with Crippen LogP contribution in [0.15, 0.2) is 54.9 Å². The molecule has 2 aliphatic heterocycles. The molecule has 3 aliphatic carbocycles. The van der Waals surface area contributed by atoms with E-state index in [4.69, 9.17) is 87.3 Å². The van der Waals surface area contributed by atoms with Gasteiger partial charge in [0.15, 0.2) is 6.29 Å². The number of hydrogen-bond donors (Lipinski definition) is 4. The molecule has 4 N–H and O–H groups in total. The van der Waals surface area contributed by atoms with Crippen molar-refractivity contribution in [3.63, 3.8) is 0 Å². The fourth-order valence-electron chi connectivity index (χ4n) is 15.0. The predicted molar refractivity (Wildman–Crippen MR) is 475 cm³/mol. The van der Waals surface area contributed by atoms with Crippen LogP contribution in [0.4, 0.5) is 51.2 Å². The highest BCUT2D eigenvalue weighted by Crippen LogP contribution is 2.37. The van der Waals surface area contributed by atoms with E-state index in [1.54, 1.807) is 94.6 Å². The van der Waals surface area contributed by atoms with Gasteiger partial charge in [0.05, 0.1) is 25.5 Å². The number of urea groups is 2. The predicted octanol–water partition coefficient (Wildman–Crippen LogP) is 14.9. The zero-order valence-corrected chi connectivity index (χ0v) is 76.7. The van der Waals surface area contributed by atoms with Crippen LogP contribution < -0.4 is 31.1 Å². The largest absolute Gasteiger partial charge is 0.444 e. The number of nitrogens with zero attached hydrogens (tertiary/aromatic N) is 13. The van der Waals surface area contributed by atoms with Crippen molar-refractivity contribution in [3.05, 3.63) is 179 Å². The summed E-state index contributed by atoms with van der Waals surface area (Å²) in [6.45, 7) is 13.7. The van der Waals surface area contributed by atoms with Gasteiger partial charge in [-0.25, -0.2) is 47.9 Å². The number of nitriles is 2. The molecule has 0 fully saturated rings. The molecule has 9 heterocycles. The molecule has 0 saturated carbocycles. The number of aldehydes is 1. The van der Waals surface area contributed by atoms with E-state index in [1.165, 1.54) is 96.8 Å². The number of hydrogen-bond acceptors (Lipinski definition) is 28. The Bertz CT molecular complexity index is 4960. The Kier molecular flexibility index (Phi) is 40.9. The number of rotatable bonds is 26. The van der Waals surface area contributed by atoms with Gasteiger partial charge in [0, 0.05) is 146 Å². The summed E-state index contributed by atoms with van der Waals surface area (Å²) in [4.78, 5) is 99.3. The number of pyridine rings is 7. The van der Waals surface area contributed by atoms with Crippen LogP contribution in [0.2, 0.25) is 0 Å². The second-order valence-corrected chi connectivity index (χ2v) is 32.6. The van der Waals surface area contributed by atoms with Crippen LogP contribution in [0, 0.1) is 34.3 Å². The summed E-state index contributed by atoms with van der Waals surface area (Å²) < 4.78 is 92.3. The number of nitrogens with one attached hydrogen (secondary N) is 4. The lowest BCUT2D eigenvalue weighted by molar-refractivity contribution is -0.109. The molecule has 0 spiro atoms. The number of carbonyl (C=O) groups excluding carboxylic acids is 5. The molecular weight excluding hydrogens is 1650 g/mol. The van der Waals surface area contributed by atoms with E-state index < -0.39 is 66.2 Å². The number of carbonyl (C=O) groups is 5. The average molecular weight is 1780 g/mol. The third-order valence-electron chi connectivity index (χ3n) is 21.0. The van der Waals surface area contributed by atoms with Gasteiger partial charge in [-0.1, -0.05) is 19.6 Å². The first-order valence-electron chi connectivity index (χ1n) is 42.1. The monoisotopic (exact) mass is 1780 g/mol. The third kappa shape index (κ3) is 28.3. The molecule has 7 aromatic rings. The minimum Gasteiger partial charge on any atom is -0.444 e. The molecule has 0 bridgehead atoms. The quantitative estimate of drug-likeness (QED) is 0.0289. The van der Waals surface area contributed by atoms with E-state index in [-0.39, 0.29) is 49.1 Å². The lowest BCUT2D eigenvalue weighted by Crippen LogP contribution is -2.40. The fourth-order valence-corrected chi connectivity index (χ4v) is 15.0. The van der Waals surface area contributed by atoms with Crippen LogP contribution in [0.1, 0.15) is 249 Å². The average Bonchev–Trinajstić information content (AvgIpc) is 0.785. The Morgan fingerprint density at radius 3 is 1.08 bits per heavy atom. The Morgan fingerprint density at radius 1 is 0.445 bits per heavy atom. The molecule has 5 aliphatic rings. The Labute approximate surface area is 750 Å². The van der Waals surface area contributed by atoms with Gasteiger partial charge in [0.25, 0.3) is 0 Å². The number of aryl methyl sites for hydroxylation is 8. The van der Waals surface area contributed by atoms with Crippen LogP contribution in [0.25, 0.3) is 0 Å². The Hall–Kier alpha value is -10.8. The number of fused-ring (bicyclic) bond motifs is 5. The highest BCUT2D eigenvalue weighted by Gasteiger charge is 2.34. The Balaban J connectivity index is 0.000000225. The molecule has 34 nitrogen and oxygen atoms in total. The standard InChI is InChI=1S/C25H31FN6O5.C20H23FN6O3.C19H30N2O4.C14H22N2O2.C13H17NO3.CH4/c1-25(2,3)37-24(34)31(4)14-16-10-15-8-7-9-32(21(15)30-20(16)22(35-5)36-6)23(33)29-19-11-18(26)17(12-27)13-28-19;1-23-10-13-7-12-5-4-6-27(18(12)26-17(13)19(29-2)30-3)20(28)25-16-8-15(21)14(9-22)11-24-16;1-19(2,3)25-18(22)21(4)12-14-11-13-9-7-8-10-15(13)20-16(14)17(23-5)24-6;1-15-9-11-8-10-6-4-5-7-12(10)16-13(11)14(17-2)18-3;1-16-13(17-2)12-10(8-15)7-9-5-3-4-6-11(9)14-12;/h10-11,13,22H,7-9,14H2,1-6H3,(H,28,29,33);7-8,11,19,23H,4-6,10H2,1-3H3,(H,24,25,28);11,17H,7-10,12H2,1-6H3;8,14-15H,4-7,9H2,1-3H3;7-8,13H,3-6H2,1-2H3;1H4. The molecule has 6 amide bonds. The van der Waals surface area contributed by atoms with Crippen molar-refractivity contribution < 1.29 is 89.6 Å². The SMILES string of the molecule is C.CNCc1cc2c(nc1C(OC)OC)CCCC2.CNCc1cc2c(nc1C(OC)OC)N(C(=O)Nc1cc(F)c(C#N)cn1)CCC2.COC(OC)c1nc2c(cc1C=O)CCCC2.COC(OC)c1nc2c(cc1CN(C)C(=O)OC(C)(C)C)CCCC2.COC(OC)c1nc2c(cc1CN(C)C(=O)OC(C)(C)C)CCCN2C(=O)Nc1cc(F)c(C#N)cn1. The molecule has 696 valence electrons. The van der Waals surface area contributed by atoms with Crippen molar-refractivity contribution in [1.82, 2.24) is 55.3 Å². The molecule has 0 saturated heterocycles. The number of halogens is 2. The van der Waals surface area contributed by atoms with Gasteiger partial charge in [-0.15, -0.1) is 0 Å². The first kappa shape index (κ1) is 104. The van der Waals surface area contributed by atoms with Gasteiger partial charge < -0.3 is 77.3 Å². The minimum absolute atomic E-state index is 0. The highest BCUT2D eigenvalue weighted by molar-refractivity contribution is 6.02. The molecule has 0 atom stereocenters. The molecular formula is C92H127F2N17O17. The maximum Gasteiger partial charge on any atom is 0.410 e. The number of ether oxygens (including phenoxy) is 12. The summed E-state index contributed by atoms with van der Waals surface area (Å²) >= 11 is 0. The topological polar surface area (TPSA) is 395 Å². The highest BCUT2D eigenvalue weighted by atomic mass is 19.1. The first-order valence-corrected chi connectivity index (χ1v) is 42.1. The fraction of sp³-hybridized carbons (Fsp3) is 0.543. The maximum absolute atomic E-state index is 14.0. The van der Waals surface area contributed by atoms with Gasteiger partial charge in [0.1, 0.15) is 97.8 Å². The van der Waals surface area contributed by atoms with Crippen molar-refractivity contribution in [2.75, 3.05) is 133 Å². The van der Waals surface area contributed by atoms with Crippen molar-refractivity contribution in [2.45, 2.75) is 221 Å². The number of aromatic nitrogens is 7. The van der Waals surface area contributed by atoms with E-state index in [0.717, 1.165) is 147 Å². The smallest absolute Gasteiger partial charge is 0.410 e. The summed E-state index contributed by atoms with van der Waals surface area (Å²) in [6.07, 6.45) is 15.3. The van der Waals surface area contributed by atoms with Crippen LogP contribution in [-0.2, 0) is 134 Å². The third-order valence-corrected chi connectivity index (χ3v) is 21.0. The summed E-state index contributed by atoms with van der Waals surface area (Å²) in [7, 11) is 22.7. The van der Waals surface area contributed by atoms with Crippen molar-refractivity contribution >= 4 is 53.8 Å². The number of anilines is 4. The zero-order valence-electron chi connectivity index (χ0n) is 76.7. The van der Waals surface area contributed by atoms with E-state index in [9.17, 15) is 32.8 Å². The molecule has 0 aromatic carbocycles. The van der Waals surface area contributed by atoms with Crippen LogP contribution in [0.5, 0.6) is 0 Å². The van der Waals surface area contributed by atoms with Crippen molar-refractivity contribution in [3.8, 4) is 12.1 Å². The Morgan fingerprint density at radius 2 is 0.742 bits per heavy atom. The molecule has 36 heteroatoms. The van der Waals surface area contributed by atoms with Gasteiger partial charge in [-0.3, -0.25) is 40.2 Å². The van der Waals surface area contributed by atoms with Gasteiger partial charge in [0.2, 0.25) is 31.5 Å². The molecule has 12 rings (SSSR count). The summed E-state index contributed by atoms with van der Waals surface area (Å²) in [6, 6.07) is 14.6. The van der Waals surface area contributed by atoms with E-state index in [0.29, 0.717) is 78.9 Å². The first-order chi connectivity index (χ1) is 60.8. The molecule has 128 heavy (non-hydrogen) atoms. The van der Waals surface area contributed by atoms with Gasteiger partial charge >= 0.3 is 24.2 Å². The molecule has 0 radical (unpaired) electrons. The normalized spacial score (nSPS) is 13.7. The van der Waals surface area contributed by atoms with Gasteiger partial charge in [-0.05, 0) is 227 Å². The van der Waals surface area contributed by atoms with E-state index in [1.807, 2.05) is 53.1 Å². The summed E-state index contributed by atoms with van der Waals surface area (Å²) in [5.74, 6) is -0.646. The summed E-state index contributed by atoms with van der Waals surface area (Å²) in [5.41, 5.74) is 14.9. The molecule has 0 unspecified atom stereocenters. The van der Waals surface area contributed by atoms with Crippen LogP contribution >= 0.6 is 0 Å². The van der Waals surface area contributed by atoms with Crippen molar-refractivity contribution in [2.24, 2.45) is 0 Å². The number of amides is 6. The second kappa shape index (κ2) is 50.2. The maximum atomic E-state index is 14.0. The van der Waals surface area contributed by atoms with Gasteiger partial charge in [-0.2, -0.15) is 10.5 Å². The van der Waals surface area contributed by atoms with Crippen LogP contribution in [-0.4, -0.2) is 199 Å². The minimum atomic E-state index is -0.853.